The molecule has 1 N–H and O–H groups in total. The van der Waals surface area contributed by atoms with Crippen LogP contribution in [0.1, 0.15) is 41.0 Å². The fraction of sp³-hybridized carbons (Fsp3) is 0.333. The Balaban J connectivity index is 1.75. The number of nitrogens with zero attached hydrogens (tertiary/aromatic N) is 1. The second kappa shape index (κ2) is 7.51. The predicted molar refractivity (Wildman–Crippen MR) is 96.4 cm³/mol. The molecule has 4 heteroatoms. The molecule has 1 unspecified atom stereocenters. The summed E-state index contributed by atoms with van der Waals surface area (Å²) in [5.74, 6) is -1.84. The number of carbonyl (C=O) groups is 2. The fourth-order valence-corrected chi connectivity index (χ4v) is 3.36. The molecule has 1 aliphatic rings. The van der Waals surface area contributed by atoms with Gasteiger partial charge in [-0.2, -0.15) is 0 Å². The Kier molecular flexibility index (Phi) is 5.17. The summed E-state index contributed by atoms with van der Waals surface area (Å²) in [6.45, 7) is 3.20. The molecule has 0 bridgehead atoms. The maximum atomic E-state index is 12.8. The summed E-state index contributed by atoms with van der Waals surface area (Å²) in [5.41, 5.74) is 4.20. The van der Waals surface area contributed by atoms with Crippen molar-refractivity contribution in [1.82, 2.24) is 4.90 Å². The maximum absolute atomic E-state index is 12.8. The van der Waals surface area contributed by atoms with Crippen LogP contribution < -0.4 is 0 Å². The summed E-state index contributed by atoms with van der Waals surface area (Å²) < 4.78 is 0. The van der Waals surface area contributed by atoms with Crippen molar-refractivity contribution in [2.24, 2.45) is 0 Å². The van der Waals surface area contributed by atoms with Gasteiger partial charge in [0.2, 0.25) is 5.91 Å². The van der Waals surface area contributed by atoms with Crippen LogP contribution in [-0.2, 0) is 22.6 Å². The van der Waals surface area contributed by atoms with Crippen molar-refractivity contribution in [2.45, 2.75) is 38.6 Å². The van der Waals surface area contributed by atoms with E-state index < -0.39 is 11.9 Å². The number of hydrogen-bond donors (Lipinski definition) is 1. The average Bonchev–Trinajstić information content (AvgIpc) is 2.82. The lowest BCUT2D eigenvalue weighted by atomic mass is 9.94. The Morgan fingerprint density at radius 1 is 1.08 bits per heavy atom. The Morgan fingerprint density at radius 2 is 1.76 bits per heavy atom. The maximum Gasteiger partial charge on any atom is 0.311 e. The van der Waals surface area contributed by atoms with Crippen molar-refractivity contribution in [3.63, 3.8) is 0 Å². The van der Waals surface area contributed by atoms with Crippen molar-refractivity contribution < 1.29 is 14.7 Å². The zero-order valence-electron chi connectivity index (χ0n) is 14.4. The molecule has 0 aliphatic carbocycles. The van der Waals surface area contributed by atoms with Gasteiger partial charge in [-0.3, -0.25) is 9.59 Å². The third-order valence-electron chi connectivity index (χ3n) is 4.86. The van der Waals surface area contributed by atoms with E-state index in [-0.39, 0.29) is 12.3 Å². The lowest BCUT2D eigenvalue weighted by Gasteiger charge is -2.23. The first-order valence-corrected chi connectivity index (χ1v) is 8.68. The van der Waals surface area contributed by atoms with E-state index >= 15 is 0 Å². The van der Waals surface area contributed by atoms with E-state index in [9.17, 15) is 14.7 Å². The molecule has 3 rings (SSSR count). The molecule has 0 fully saturated rings. The van der Waals surface area contributed by atoms with E-state index in [2.05, 4.69) is 12.1 Å². The van der Waals surface area contributed by atoms with Gasteiger partial charge < -0.3 is 10.0 Å². The zero-order chi connectivity index (χ0) is 17.8. The van der Waals surface area contributed by atoms with Crippen molar-refractivity contribution in [3.05, 3.63) is 70.8 Å². The highest BCUT2D eigenvalue weighted by Gasteiger charge is 2.27. The number of carboxylic acid groups (broad SMARTS) is 1. The van der Waals surface area contributed by atoms with Gasteiger partial charge in [-0.15, -0.1) is 0 Å². The van der Waals surface area contributed by atoms with Gasteiger partial charge in [0, 0.05) is 19.5 Å². The Hall–Kier alpha value is -2.62. The normalized spacial score (nSPS) is 15.2. The molecule has 4 nitrogen and oxygen atoms in total. The fourth-order valence-electron chi connectivity index (χ4n) is 3.36. The minimum absolute atomic E-state index is 0.000557. The highest BCUT2D eigenvalue weighted by Crippen LogP contribution is 2.24. The van der Waals surface area contributed by atoms with Crippen molar-refractivity contribution >= 4 is 11.9 Å². The quantitative estimate of drug-likeness (QED) is 0.928. The second-order valence-electron chi connectivity index (χ2n) is 6.69. The van der Waals surface area contributed by atoms with E-state index in [0.29, 0.717) is 18.7 Å². The van der Waals surface area contributed by atoms with Crippen LogP contribution in [0, 0.1) is 6.92 Å². The first-order chi connectivity index (χ1) is 12.0. The smallest absolute Gasteiger partial charge is 0.311 e. The number of hydrogen-bond acceptors (Lipinski definition) is 2. The molecule has 0 spiro atoms. The van der Waals surface area contributed by atoms with Crippen LogP contribution >= 0.6 is 0 Å². The highest BCUT2D eigenvalue weighted by molar-refractivity contribution is 5.85. The molecule has 2 aromatic rings. The SMILES string of the molecule is Cc1ccc(C(CC(=O)N2CCCc3ccccc3C2)C(=O)O)cc1. The molecular formula is C21H23NO3. The standard InChI is InChI=1S/C21H23NO3/c1-15-8-10-17(11-9-15)19(21(24)25)13-20(23)22-12-4-7-16-5-2-3-6-18(16)14-22/h2-3,5-6,8-11,19H,4,7,12-14H2,1H3,(H,24,25). The van der Waals surface area contributed by atoms with Gasteiger partial charge in [-0.1, -0.05) is 54.1 Å². The van der Waals surface area contributed by atoms with E-state index in [1.807, 2.05) is 31.2 Å². The zero-order valence-corrected chi connectivity index (χ0v) is 14.4. The number of aliphatic carboxylic acids is 1. The molecule has 0 saturated heterocycles. The third-order valence-corrected chi connectivity index (χ3v) is 4.86. The number of fused-ring (bicyclic) bond motifs is 1. The monoisotopic (exact) mass is 337 g/mol. The van der Waals surface area contributed by atoms with Gasteiger partial charge in [0.1, 0.15) is 0 Å². The molecule has 1 amide bonds. The summed E-state index contributed by atoms with van der Waals surface area (Å²) in [5, 5.41) is 9.59. The summed E-state index contributed by atoms with van der Waals surface area (Å²) >= 11 is 0. The summed E-state index contributed by atoms with van der Waals surface area (Å²) in [4.78, 5) is 26.3. The molecule has 130 valence electrons. The van der Waals surface area contributed by atoms with Crippen LogP contribution in [-0.4, -0.2) is 28.4 Å². The van der Waals surface area contributed by atoms with Gasteiger partial charge in [0.15, 0.2) is 0 Å². The molecule has 1 aliphatic heterocycles. The first-order valence-electron chi connectivity index (χ1n) is 8.68. The van der Waals surface area contributed by atoms with Crippen molar-refractivity contribution in [1.29, 1.82) is 0 Å². The molecule has 0 saturated carbocycles. The second-order valence-corrected chi connectivity index (χ2v) is 6.69. The number of rotatable bonds is 4. The van der Waals surface area contributed by atoms with Gasteiger partial charge in [0.05, 0.1) is 5.92 Å². The lowest BCUT2D eigenvalue weighted by molar-refractivity contribution is -0.143. The van der Waals surface area contributed by atoms with Gasteiger partial charge in [0.25, 0.3) is 0 Å². The topological polar surface area (TPSA) is 57.6 Å². The summed E-state index contributed by atoms with van der Waals surface area (Å²) in [6, 6.07) is 15.5. The summed E-state index contributed by atoms with van der Waals surface area (Å²) in [6.07, 6.45) is 1.87. The van der Waals surface area contributed by atoms with Crippen LogP contribution in [0.25, 0.3) is 0 Å². The van der Waals surface area contributed by atoms with Crippen LogP contribution in [0.4, 0.5) is 0 Å². The summed E-state index contributed by atoms with van der Waals surface area (Å²) in [7, 11) is 0. The van der Waals surface area contributed by atoms with Gasteiger partial charge in [-0.25, -0.2) is 0 Å². The van der Waals surface area contributed by atoms with Gasteiger partial charge in [-0.05, 0) is 36.5 Å². The van der Waals surface area contributed by atoms with Gasteiger partial charge >= 0.3 is 5.97 Å². The molecule has 0 radical (unpaired) electrons. The molecule has 0 aromatic heterocycles. The lowest BCUT2D eigenvalue weighted by Crippen LogP contribution is -2.33. The minimum Gasteiger partial charge on any atom is -0.481 e. The average molecular weight is 337 g/mol. The van der Waals surface area contributed by atoms with Crippen LogP contribution in [0.3, 0.4) is 0 Å². The number of carbonyl (C=O) groups excluding carboxylic acids is 1. The van der Waals surface area contributed by atoms with Crippen LogP contribution in [0.15, 0.2) is 48.5 Å². The van der Waals surface area contributed by atoms with E-state index in [0.717, 1.165) is 24.0 Å². The van der Waals surface area contributed by atoms with E-state index in [1.54, 1.807) is 17.0 Å². The molecular weight excluding hydrogens is 314 g/mol. The number of carboxylic acids is 1. The number of amides is 1. The Morgan fingerprint density at radius 3 is 2.44 bits per heavy atom. The van der Waals surface area contributed by atoms with E-state index in [1.165, 1.54) is 5.56 Å². The molecule has 1 atom stereocenters. The number of benzene rings is 2. The van der Waals surface area contributed by atoms with Crippen molar-refractivity contribution in [3.8, 4) is 0 Å². The third kappa shape index (κ3) is 4.08. The molecule has 25 heavy (non-hydrogen) atoms. The predicted octanol–water partition coefficient (Wildman–Crippen LogP) is 3.53. The largest absolute Gasteiger partial charge is 0.481 e. The molecule has 1 heterocycles. The van der Waals surface area contributed by atoms with Crippen LogP contribution in [0.5, 0.6) is 0 Å². The Labute approximate surface area is 148 Å². The Bertz CT molecular complexity index is 767. The highest BCUT2D eigenvalue weighted by atomic mass is 16.4. The number of aryl methyl sites for hydroxylation is 2. The first kappa shape index (κ1) is 17.2. The van der Waals surface area contributed by atoms with Crippen LogP contribution in [0.2, 0.25) is 0 Å². The molecule has 2 aromatic carbocycles. The minimum atomic E-state index is -0.951. The van der Waals surface area contributed by atoms with Crippen molar-refractivity contribution in [2.75, 3.05) is 6.54 Å². The van der Waals surface area contributed by atoms with E-state index in [4.69, 9.17) is 0 Å².